The van der Waals surface area contributed by atoms with Crippen LogP contribution in [0.1, 0.15) is 46.1 Å². The van der Waals surface area contributed by atoms with E-state index in [4.69, 9.17) is 4.74 Å². The molecule has 0 unspecified atom stereocenters. The highest BCUT2D eigenvalue weighted by molar-refractivity contribution is 5.27. The van der Waals surface area contributed by atoms with Gasteiger partial charge in [0.05, 0.1) is 6.10 Å². The lowest BCUT2D eigenvalue weighted by atomic mass is 10.2. The van der Waals surface area contributed by atoms with Crippen molar-refractivity contribution in [3.05, 3.63) is 29.8 Å². The summed E-state index contributed by atoms with van der Waals surface area (Å²) in [6, 6.07) is 8.92. The molecular formula is C15H25NO. The second-order valence-electron chi connectivity index (χ2n) is 4.74. The molecule has 0 atom stereocenters. The van der Waals surface area contributed by atoms with Gasteiger partial charge in [-0.05, 0) is 30.5 Å². The summed E-state index contributed by atoms with van der Waals surface area (Å²) in [7, 11) is 0. The first-order chi connectivity index (χ1) is 8.15. The molecule has 0 aliphatic heterocycles. The number of hydrogen-bond donors (Lipinski definition) is 1. The average Bonchev–Trinajstić information content (AvgIpc) is 2.34. The van der Waals surface area contributed by atoms with Gasteiger partial charge in [-0.2, -0.15) is 0 Å². The van der Waals surface area contributed by atoms with E-state index in [1.807, 2.05) is 0 Å². The van der Waals surface area contributed by atoms with Crippen molar-refractivity contribution in [2.75, 3.05) is 0 Å². The molecular weight excluding hydrogens is 210 g/mol. The van der Waals surface area contributed by atoms with Gasteiger partial charge in [0.25, 0.3) is 0 Å². The Morgan fingerprint density at radius 1 is 1.06 bits per heavy atom. The molecule has 0 saturated heterocycles. The first kappa shape index (κ1) is 14.0. The minimum Gasteiger partial charge on any atom is -0.490 e. The molecule has 2 nitrogen and oxygen atoms in total. The molecule has 0 bridgehead atoms. The van der Waals surface area contributed by atoms with Crippen LogP contribution in [0.15, 0.2) is 24.3 Å². The Labute approximate surface area is 105 Å². The molecule has 17 heavy (non-hydrogen) atoms. The zero-order valence-corrected chi connectivity index (χ0v) is 11.5. The predicted octanol–water partition coefficient (Wildman–Crippen LogP) is 3.75. The van der Waals surface area contributed by atoms with Crippen LogP contribution in [0, 0.1) is 0 Å². The molecule has 0 heterocycles. The highest BCUT2D eigenvalue weighted by Gasteiger charge is 2.04. The molecule has 96 valence electrons. The summed E-state index contributed by atoms with van der Waals surface area (Å²) in [5, 5.41) is 3.40. The quantitative estimate of drug-likeness (QED) is 0.777. The van der Waals surface area contributed by atoms with Gasteiger partial charge in [-0.15, -0.1) is 0 Å². The fraction of sp³-hybridized carbons (Fsp3) is 0.600. The Balaban J connectivity index is 2.49. The second-order valence-corrected chi connectivity index (χ2v) is 4.74. The maximum absolute atomic E-state index is 5.87. The van der Waals surface area contributed by atoms with Crippen molar-refractivity contribution >= 4 is 0 Å². The Morgan fingerprint density at radius 3 is 2.12 bits per heavy atom. The van der Waals surface area contributed by atoms with E-state index < -0.39 is 0 Å². The van der Waals surface area contributed by atoms with E-state index in [9.17, 15) is 0 Å². The topological polar surface area (TPSA) is 21.3 Å². The number of rotatable bonds is 7. The lowest BCUT2D eigenvalue weighted by Crippen LogP contribution is -2.21. The van der Waals surface area contributed by atoms with Crippen molar-refractivity contribution in [3.8, 4) is 5.75 Å². The molecule has 0 aliphatic carbocycles. The molecule has 1 N–H and O–H groups in total. The van der Waals surface area contributed by atoms with Crippen LogP contribution in [0.2, 0.25) is 0 Å². The molecule has 0 spiro atoms. The lowest BCUT2D eigenvalue weighted by Gasteiger charge is -2.16. The Morgan fingerprint density at radius 2 is 1.65 bits per heavy atom. The number of nitrogens with one attached hydrogen (secondary N) is 1. The van der Waals surface area contributed by atoms with Crippen LogP contribution in [-0.4, -0.2) is 12.1 Å². The van der Waals surface area contributed by atoms with Gasteiger partial charge in [-0.25, -0.2) is 0 Å². The van der Waals surface area contributed by atoms with Crippen molar-refractivity contribution < 1.29 is 4.74 Å². The summed E-state index contributed by atoms with van der Waals surface area (Å²) in [5.74, 6) is 0.979. The number of ether oxygens (including phenoxy) is 1. The first-order valence-corrected chi connectivity index (χ1v) is 6.64. The fourth-order valence-electron chi connectivity index (χ4n) is 1.66. The van der Waals surface area contributed by atoms with E-state index >= 15 is 0 Å². The average molecular weight is 235 g/mol. The third-order valence-electron chi connectivity index (χ3n) is 2.85. The summed E-state index contributed by atoms with van der Waals surface area (Å²) in [6.07, 6.45) is 2.47. The minimum atomic E-state index is 0.342. The van der Waals surface area contributed by atoms with Gasteiger partial charge >= 0.3 is 0 Å². The van der Waals surface area contributed by atoms with Crippen LogP contribution in [0.4, 0.5) is 0 Å². The molecule has 0 fully saturated rings. The Bertz CT molecular complexity index is 301. The Kier molecular flexibility index (Phi) is 6.06. The van der Waals surface area contributed by atoms with Crippen LogP contribution in [0.5, 0.6) is 5.75 Å². The van der Waals surface area contributed by atoms with Gasteiger partial charge in [0.1, 0.15) is 5.75 Å². The van der Waals surface area contributed by atoms with Crippen molar-refractivity contribution in [2.24, 2.45) is 0 Å². The maximum atomic E-state index is 5.87. The minimum absolute atomic E-state index is 0.342. The van der Waals surface area contributed by atoms with E-state index in [0.29, 0.717) is 12.1 Å². The molecule has 1 aromatic rings. The molecule has 1 rings (SSSR count). The third kappa shape index (κ3) is 5.22. The van der Waals surface area contributed by atoms with Crippen LogP contribution in [-0.2, 0) is 6.54 Å². The van der Waals surface area contributed by atoms with Gasteiger partial charge in [0.15, 0.2) is 0 Å². The molecule has 0 amide bonds. The lowest BCUT2D eigenvalue weighted by molar-refractivity contribution is 0.193. The molecule has 0 saturated carbocycles. The number of hydrogen-bond acceptors (Lipinski definition) is 2. The van der Waals surface area contributed by atoms with E-state index in [2.05, 4.69) is 57.3 Å². The van der Waals surface area contributed by atoms with Crippen LogP contribution < -0.4 is 10.1 Å². The van der Waals surface area contributed by atoms with Gasteiger partial charge in [0, 0.05) is 12.6 Å². The Hall–Kier alpha value is -1.02. The van der Waals surface area contributed by atoms with Crippen molar-refractivity contribution in [1.82, 2.24) is 5.32 Å². The summed E-state index contributed by atoms with van der Waals surface area (Å²) in [4.78, 5) is 0. The standard InChI is InChI=1S/C15H25NO/c1-5-14(6-2)17-15-9-7-13(8-10-15)11-16-12(3)4/h7-10,12,14,16H,5-6,11H2,1-4H3. The summed E-state index contributed by atoms with van der Waals surface area (Å²) < 4.78 is 5.87. The largest absolute Gasteiger partial charge is 0.490 e. The van der Waals surface area contributed by atoms with Gasteiger partial charge in [-0.1, -0.05) is 39.8 Å². The van der Waals surface area contributed by atoms with Crippen LogP contribution >= 0.6 is 0 Å². The maximum Gasteiger partial charge on any atom is 0.119 e. The summed E-state index contributed by atoms with van der Waals surface area (Å²) in [6.45, 7) is 9.56. The van der Waals surface area contributed by atoms with Crippen LogP contribution in [0.25, 0.3) is 0 Å². The fourth-order valence-corrected chi connectivity index (χ4v) is 1.66. The molecule has 2 heteroatoms. The zero-order chi connectivity index (χ0) is 12.7. The predicted molar refractivity (Wildman–Crippen MR) is 73.4 cm³/mol. The summed E-state index contributed by atoms with van der Waals surface area (Å²) in [5.41, 5.74) is 1.30. The van der Waals surface area contributed by atoms with Crippen molar-refractivity contribution in [1.29, 1.82) is 0 Å². The number of benzene rings is 1. The van der Waals surface area contributed by atoms with Crippen molar-refractivity contribution in [3.63, 3.8) is 0 Å². The highest BCUT2D eigenvalue weighted by atomic mass is 16.5. The first-order valence-electron chi connectivity index (χ1n) is 6.64. The van der Waals surface area contributed by atoms with Crippen LogP contribution in [0.3, 0.4) is 0 Å². The van der Waals surface area contributed by atoms with E-state index in [1.165, 1.54) is 5.56 Å². The normalized spacial score (nSPS) is 11.2. The van der Waals surface area contributed by atoms with Gasteiger partial charge < -0.3 is 10.1 Å². The monoisotopic (exact) mass is 235 g/mol. The van der Waals surface area contributed by atoms with E-state index in [-0.39, 0.29) is 0 Å². The molecule has 0 aliphatic rings. The highest BCUT2D eigenvalue weighted by Crippen LogP contribution is 2.16. The second kappa shape index (κ2) is 7.33. The molecule has 0 aromatic heterocycles. The van der Waals surface area contributed by atoms with Gasteiger partial charge in [0.2, 0.25) is 0 Å². The van der Waals surface area contributed by atoms with Gasteiger partial charge in [-0.3, -0.25) is 0 Å². The SMILES string of the molecule is CCC(CC)Oc1ccc(CNC(C)C)cc1. The smallest absolute Gasteiger partial charge is 0.119 e. The van der Waals surface area contributed by atoms with E-state index in [0.717, 1.165) is 25.1 Å². The third-order valence-corrected chi connectivity index (χ3v) is 2.85. The van der Waals surface area contributed by atoms with E-state index in [1.54, 1.807) is 0 Å². The molecule has 1 aromatic carbocycles. The summed E-state index contributed by atoms with van der Waals surface area (Å²) >= 11 is 0. The molecule has 0 radical (unpaired) electrons. The van der Waals surface area contributed by atoms with Crippen molar-refractivity contribution in [2.45, 2.75) is 59.2 Å². The zero-order valence-electron chi connectivity index (χ0n) is 11.5.